The summed E-state index contributed by atoms with van der Waals surface area (Å²) in [7, 11) is 4.81. The van der Waals surface area contributed by atoms with Gasteiger partial charge in [0.1, 0.15) is 35.1 Å². The third-order valence-electron chi connectivity index (χ3n) is 22.7. The van der Waals surface area contributed by atoms with Gasteiger partial charge in [-0.3, -0.25) is 19.2 Å². The number of alkyl halides is 1. The van der Waals surface area contributed by atoms with E-state index in [-0.39, 0.29) is 57.2 Å². The van der Waals surface area contributed by atoms with Crippen LogP contribution in [0.2, 0.25) is 0 Å². The predicted octanol–water partition coefficient (Wildman–Crippen LogP) is 3.24. The number of aliphatic hydroxyl groups is 7. The lowest BCUT2D eigenvalue weighted by atomic mass is 9.44. The molecule has 7 aliphatic rings. The zero-order valence-corrected chi connectivity index (χ0v) is 53.6. The van der Waals surface area contributed by atoms with Crippen molar-refractivity contribution in [1.29, 1.82) is 0 Å². The minimum Gasteiger partial charge on any atom is -0.459 e. The van der Waals surface area contributed by atoms with Crippen LogP contribution in [0.15, 0.2) is 23.8 Å². The smallest absolute Gasteiger partial charge is 0.311 e. The molecule has 22 heteroatoms. The van der Waals surface area contributed by atoms with Crippen molar-refractivity contribution < 1.29 is 87.7 Å². The Morgan fingerprint density at radius 3 is 2.18 bits per heavy atom. The van der Waals surface area contributed by atoms with Gasteiger partial charge >= 0.3 is 5.97 Å². The second-order valence-electron chi connectivity index (χ2n) is 28.0. The van der Waals surface area contributed by atoms with Gasteiger partial charge in [0.25, 0.3) is 5.91 Å². The monoisotopic (exact) mass is 1210 g/mol. The van der Waals surface area contributed by atoms with E-state index in [1.165, 1.54) is 45.1 Å². The highest BCUT2D eigenvalue weighted by molar-refractivity contribution is 6.01. The normalized spacial score (nSPS) is 49.2. The number of allylic oxidation sites excluding steroid dienone is 4. The molecule has 4 aliphatic carbocycles. The van der Waals surface area contributed by atoms with E-state index in [1.807, 2.05) is 25.8 Å². The summed E-state index contributed by atoms with van der Waals surface area (Å²) in [6, 6.07) is -1.37. The number of ketones is 1. The van der Waals surface area contributed by atoms with E-state index in [0.717, 1.165) is 0 Å². The molecule has 3 saturated heterocycles. The molecule has 2 unspecified atom stereocenters. The molecule has 2 amide bonds. The Bertz CT molecular complexity index is 2490. The highest BCUT2D eigenvalue weighted by Gasteiger charge is 2.76. The molecular weight excluding hydrogens is 1100 g/mol. The topological polar surface area (TPSA) is 296 Å². The van der Waals surface area contributed by atoms with Crippen LogP contribution in [0.3, 0.4) is 0 Å². The summed E-state index contributed by atoms with van der Waals surface area (Å²) in [5, 5.41) is 91.7. The largest absolute Gasteiger partial charge is 0.459 e. The number of carbonyl (C=O) groups excluding carboxylic acids is 4. The molecule has 0 radical (unpaired) electrons. The standard InChI is InChI=1S/C63H105FN4O17/c1-18-46-60(14,77)50(72)38(8)68(16)52(73)33(3)29-58(12,76)51(85-54-48(71)44(67(15)19-2)27-35(5)81-54)36(6)49(37(7)53(74)83-46)84-47-31-59(13,80-17)61(78,39(9)82-47)32-65-24-25-66-55(75)63(79)34(4)26-43-42-21-20-40-28-41(69)22-23-56(40,10)62(42,64)45(70)30-57(43,63)11/h22-23,28,33-39,42-51,54,65,70-72,76-79H,18-21,24-27,29-32H2,1-17H3,(H,66,75)/t33-,34-,35-,36+,37-,38-,39+,42?,43?,44+,45+,46-,47+,48-,49+,50-,51-,54+,56+,57+,58-,59-,60-,61+,62+,63+/m1/s1. The summed E-state index contributed by atoms with van der Waals surface area (Å²) in [6.07, 6.45) is -6.52. The molecule has 85 heavy (non-hydrogen) atoms. The molecule has 0 aromatic carbocycles. The van der Waals surface area contributed by atoms with Crippen LogP contribution in [0.1, 0.15) is 148 Å². The minimum absolute atomic E-state index is 0.00769. The van der Waals surface area contributed by atoms with Gasteiger partial charge in [0.05, 0.1) is 48.1 Å². The van der Waals surface area contributed by atoms with Gasteiger partial charge in [0.15, 0.2) is 29.6 Å². The Labute approximate surface area is 503 Å². The average molecular weight is 1210 g/mol. The molecule has 3 saturated carbocycles. The Hall–Kier alpha value is -3.07. The number of hydrogen-bond acceptors (Lipinski definition) is 19. The molecular formula is C63H105FN4O17. The number of methoxy groups -OCH3 is 1. The fourth-order valence-electron chi connectivity index (χ4n) is 16.8. The Balaban J connectivity index is 1.11. The zero-order chi connectivity index (χ0) is 63.7. The van der Waals surface area contributed by atoms with Crippen LogP contribution >= 0.6 is 0 Å². The van der Waals surface area contributed by atoms with E-state index in [0.29, 0.717) is 37.8 Å². The molecule has 7 rings (SSSR count). The predicted molar refractivity (Wildman–Crippen MR) is 312 cm³/mol. The molecule has 6 fully saturated rings. The van der Waals surface area contributed by atoms with Crippen molar-refractivity contribution in [2.45, 2.75) is 255 Å². The Morgan fingerprint density at radius 1 is 0.894 bits per heavy atom. The maximum Gasteiger partial charge on any atom is 0.311 e. The number of nitrogens with zero attached hydrogens (tertiary/aromatic N) is 2. The molecule has 9 N–H and O–H groups in total. The lowest BCUT2D eigenvalue weighted by Gasteiger charge is -2.62. The number of carbonyl (C=O) groups is 4. The number of esters is 1. The highest BCUT2D eigenvalue weighted by atomic mass is 19.1. The first-order valence-corrected chi connectivity index (χ1v) is 31.2. The number of hydrogen-bond donors (Lipinski definition) is 9. The summed E-state index contributed by atoms with van der Waals surface area (Å²) in [5.74, 6) is -7.00. The van der Waals surface area contributed by atoms with Crippen LogP contribution in [-0.4, -0.2) is 224 Å². The lowest BCUT2D eigenvalue weighted by molar-refractivity contribution is -0.336. The third-order valence-corrected chi connectivity index (χ3v) is 22.7. The third kappa shape index (κ3) is 11.9. The molecule has 0 bridgehead atoms. The van der Waals surface area contributed by atoms with Crippen molar-refractivity contribution in [3.8, 4) is 0 Å². The highest BCUT2D eigenvalue weighted by Crippen LogP contribution is 2.70. The van der Waals surface area contributed by atoms with Gasteiger partial charge in [-0.15, -0.1) is 0 Å². The Kier molecular flexibility index (Phi) is 20.7. The number of fused-ring (bicyclic) bond motifs is 5. The molecule has 0 aromatic heterocycles. The van der Waals surface area contributed by atoms with Crippen molar-refractivity contribution in [2.75, 3.05) is 47.4 Å². The van der Waals surface area contributed by atoms with Gasteiger partial charge in [-0.1, -0.05) is 53.2 Å². The van der Waals surface area contributed by atoms with E-state index in [4.69, 9.17) is 28.4 Å². The summed E-state index contributed by atoms with van der Waals surface area (Å²) >= 11 is 0. The number of likely N-dealkylation sites (N-methyl/N-ethyl adjacent to an activating group) is 2. The van der Waals surface area contributed by atoms with Crippen molar-refractivity contribution in [2.24, 2.45) is 46.3 Å². The first-order chi connectivity index (χ1) is 39.3. The van der Waals surface area contributed by atoms with Crippen LogP contribution in [0.4, 0.5) is 4.39 Å². The number of aliphatic hydroxyl groups excluding tert-OH is 3. The molecule has 26 atom stereocenters. The van der Waals surface area contributed by atoms with Crippen LogP contribution in [0, 0.1) is 46.3 Å². The van der Waals surface area contributed by atoms with Crippen molar-refractivity contribution >= 4 is 23.6 Å². The minimum atomic E-state index is -2.12. The molecule has 21 nitrogen and oxygen atoms in total. The van der Waals surface area contributed by atoms with E-state index in [9.17, 15) is 54.9 Å². The van der Waals surface area contributed by atoms with Gasteiger partial charge in [0, 0.05) is 74.8 Å². The van der Waals surface area contributed by atoms with Crippen LogP contribution in [0.5, 0.6) is 0 Å². The fourth-order valence-corrected chi connectivity index (χ4v) is 16.8. The van der Waals surface area contributed by atoms with Gasteiger partial charge in [-0.2, -0.15) is 0 Å². The maximum atomic E-state index is 17.8. The summed E-state index contributed by atoms with van der Waals surface area (Å²) < 4.78 is 56.7. The van der Waals surface area contributed by atoms with E-state index in [2.05, 4.69) is 10.6 Å². The first kappa shape index (κ1) is 69.4. The molecule has 0 spiro atoms. The number of ether oxygens (including phenoxy) is 6. The van der Waals surface area contributed by atoms with Crippen LogP contribution in [-0.2, 0) is 47.6 Å². The maximum absolute atomic E-state index is 17.8. The number of nitrogens with one attached hydrogen (secondary N) is 2. The molecule has 0 aromatic rings. The first-order valence-electron chi connectivity index (χ1n) is 31.2. The van der Waals surface area contributed by atoms with Crippen LogP contribution < -0.4 is 10.6 Å². The zero-order valence-electron chi connectivity index (χ0n) is 53.6. The van der Waals surface area contributed by atoms with Crippen molar-refractivity contribution in [1.82, 2.24) is 20.4 Å². The average Bonchev–Trinajstić information content (AvgIpc) is 1.65. The number of halogens is 1. The summed E-state index contributed by atoms with van der Waals surface area (Å²) in [4.78, 5) is 59.0. The summed E-state index contributed by atoms with van der Waals surface area (Å²) in [6.45, 7) is 24.1. The number of cyclic esters (lactones) is 1. The van der Waals surface area contributed by atoms with Gasteiger partial charge < -0.3 is 84.6 Å². The van der Waals surface area contributed by atoms with E-state index >= 15 is 4.39 Å². The second-order valence-corrected chi connectivity index (χ2v) is 28.0. The second kappa shape index (κ2) is 25.3. The lowest BCUT2D eigenvalue weighted by Crippen LogP contribution is -2.70. The fraction of sp³-hybridized carbons (Fsp3) is 0.873. The summed E-state index contributed by atoms with van der Waals surface area (Å²) in [5.41, 5.74) is -13.0. The van der Waals surface area contributed by atoms with Gasteiger partial charge in [0.2, 0.25) is 5.91 Å². The van der Waals surface area contributed by atoms with Crippen LogP contribution in [0.25, 0.3) is 0 Å². The van der Waals surface area contributed by atoms with Gasteiger partial charge in [-0.25, -0.2) is 4.39 Å². The molecule has 486 valence electrons. The Morgan fingerprint density at radius 2 is 1.55 bits per heavy atom. The van der Waals surface area contributed by atoms with Crippen molar-refractivity contribution in [3.05, 3.63) is 23.8 Å². The molecule has 3 heterocycles. The number of rotatable bonds is 14. The molecule has 3 aliphatic heterocycles. The van der Waals surface area contributed by atoms with E-state index < -0.39 is 165 Å². The van der Waals surface area contributed by atoms with E-state index in [1.54, 1.807) is 75.3 Å². The van der Waals surface area contributed by atoms with Crippen molar-refractivity contribution in [3.63, 3.8) is 0 Å². The van der Waals surface area contributed by atoms with Gasteiger partial charge in [-0.05, 0) is 138 Å². The quantitative estimate of drug-likeness (QED) is 0.0891. The number of amides is 2. The SMILES string of the molecule is CC[C@H]1OC(=O)[C@H](C)[C@@H](O[C@H]2C[C@@](C)(OC)[C@](O)(CNCCNC(=O)[C@@]3(O)[C@H](C)CC4C5CCC6=CC(=O)C=C[C@]6(C)[C@@]5(F)[C@@H](O)C[C@@]43C)[C@H](C)O2)[C@H](C)[C@@H](O[C@@H]2O[C@H](C)C[C@H](N(C)CC)[C@H]2O)[C@](C)(O)C[C@@H](C)C(=O)N(C)[C@H](C)[C@@H](O)[C@]1(C)O.